The fourth-order valence-electron chi connectivity index (χ4n) is 1.72. The van der Waals surface area contributed by atoms with Crippen LogP contribution in [0.2, 0.25) is 0 Å². The minimum Gasteiger partial charge on any atom is -0.484 e. The maximum absolute atomic E-state index is 13.1. The Morgan fingerprint density at radius 2 is 1.89 bits per heavy atom. The number of hydrogen-bond donors (Lipinski definition) is 0. The Labute approximate surface area is 112 Å². The van der Waals surface area contributed by atoms with Gasteiger partial charge >= 0.3 is 0 Å². The number of ether oxygens (including phenoxy) is 1. The summed E-state index contributed by atoms with van der Waals surface area (Å²) in [5.74, 6) is 1.07. The standard InChI is InChI=1S/C15H17FN2O/c1-11(19-13-7-4-6-12(16)10-13)14-8-5-9-15(17-14)18(2)3/h4-11H,1-3H3/t11-/m1/s1. The maximum Gasteiger partial charge on any atom is 0.138 e. The summed E-state index contributed by atoms with van der Waals surface area (Å²) < 4.78 is 18.8. The molecule has 1 atom stereocenters. The van der Waals surface area contributed by atoms with Gasteiger partial charge in [0, 0.05) is 20.2 Å². The van der Waals surface area contributed by atoms with Crippen molar-refractivity contribution in [3.05, 3.63) is 54.0 Å². The second-order valence-electron chi connectivity index (χ2n) is 4.53. The molecule has 0 bridgehead atoms. The molecule has 1 aromatic heterocycles. The number of benzene rings is 1. The van der Waals surface area contributed by atoms with Crippen LogP contribution in [0.5, 0.6) is 5.75 Å². The highest BCUT2D eigenvalue weighted by molar-refractivity contribution is 5.37. The lowest BCUT2D eigenvalue weighted by Crippen LogP contribution is -2.13. The van der Waals surface area contributed by atoms with Gasteiger partial charge in [0.1, 0.15) is 23.5 Å². The topological polar surface area (TPSA) is 25.4 Å². The molecule has 1 aromatic carbocycles. The highest BCUT2D eigenvalue weighted by Gasteiger charge is 2.10. The molecule has 0 amide bonds. The van der Waals surface area contributed by atoms with E-state index in [0.29, 0.717) is 5.75 Å². The molecule has 19 heavy (non-hydrogen) atoms. The van der Waals surface area contributed by atoms with Gasteiger partial charge in [0.15, 0.2) is 0 Å². The Kier molecular flexibility index (Phi) is 4.00. The molecule has 0 spiro atoms. The third-order valence-electron chi connectivity index (χ3n) is 2.74. The molecular weight excluding hydrogens is 243 g/mol. The van der Waals surface area contributed by atoms with E-state index in [-0.39, 0.29) is 11.9 Å². The minimum atomic E-state index is -0.306. The lowest BCUT2D eigenvalue weighted by atomic mass is 10.2. The summed E-state index contributed by atoms with van der Waals surface area (Å²) in [6, 6.07) is 11.9. The first-order valence-corrected chi connectivity index (χ1v) is 6.13. The van der Waals surface area contributed by atoms with Gasteiger partial charge in [0.25, 0.3) is 0 Å². The van der Waals surface area contributed by atoms with E-state index in [0.717, 1.165) is 11.5 Å². The number of halogens is 1. The lowest BCUT2D eigenvalue weighted by molar-refractivity contribution is 0.221. The van der Waals surface area contributed by atoms with E-state index in [4.69, 9.17) is 4.74 Å². The Bertz CT molecular complexity index is 557. The van der Waals surface area contributed by atoms with Crippen LogP contribution >= 0.6 is 0 Å². The van der Waals surface area contributed by atoms with Crippen LogP contribution in [0.15, 0.2) is 42.5 Å². The molecular formula is C15H17FN2O. The van der Waals surface area contributed by atoms with E-state index < -0.39 is 0 Å². The molecule has 4 heteroatoms. The van der Waals surface area contributed by atoms with Crippen molar-refractivity contribution in [2.75, 3.05) is 19.0 Å². The summed E-state index contributed by atoms with van der Waals surface area (Å²) in [6.07, 6.45) is -0.235. The molecule has 3 nitrogen and oxygen atoms in total. The van der Waals surface area contributed by atoms with Gasteiger partial charge in [-0.05, 0) is 31.2 Å². The van der Waals surface area contributed by atoms with Gasteiger partial charge in [-0.1, -0.05) is 12.1 Å². The molecule has 0 saturated heterocycles. The third kappa shape index (κ3) is 3.44. The van der Waals surface area contributed by atoms with E-state index in [9.17, 15) is 4.39 Å². The van der Waals surface area contributed by atoms with Crippen molar-refractivity contribution in [3.63, 3.8) is 0 Å². The van der Waals surface area contributed by atoms with E-state index >= 15 is 0 Å². The van der Waals surface area contributed by atoms with Crippen LogP contribution < -0.4 is 9.64 Å². The van der Waals surface area contributed by atoms with Gasteiger partial charge in [-0.2, -0.15) is 0 Å². The largest absolute Gasteiger partial charge is 0.484 e. The van der Waals surface area contributed by atoms with Crippen LogP contribution in [0.25, 0.3) is 0 Å². The van der Waals surface area contributed by atoms with Gasteiger partial charge in [-0.25, -0.2) is 9.37 Å². The number of anilines is 1. The minimum absolute atomic E-state index is 0.235. The predicted molar refractivity (Wildman–Crippen MR) is 74.0 cm³/mol. The first kappa shape index (κ1) is 13.3. The van der Waals surface area contributed by atoms with Crippen LogP contribution in [0.3, 0.4) is 0 Å². The Balaban J connectivity index is 2.15. The summed E-state index contributed by atoms with van der Waals surface area (Å²) >= 11 is 0. The Morgan fingerprint density at radius 1 is 1.16 bits per heavy atom. The third-order valence-corrected chi connectivity index (χ3v) is 2.74. The number of rotatable bonds is 4. The fourth-order valence-corrected chi connectivity index (χ4v) is 1.72. The van der Waals surface area contributed by atoms with Crippen molar-refractivity contribution in [2.45, 2.75) is 13.0 Å². The molecule has 100 valence electrons. The summed E-state index contributed by atoms with van der Waals surface area (Å²) in [7, 11) is 3.87. The van der Waals surface area contributed by atoms with Crippen LogP contribution in [0.4, 0.5) is 10.2 Å². The Morgan fingerprint density at radius 3 is 2.58 bits per heavy atom. The molecule has 0 N–H and O–H groups in total. The number of aromatic nitrogens is 1. The molecule has 0 aliphatic heterocycles. The molecule has 2 aromatic rings. The number of pyridine rings is 1. The maximum atomic E-state index is 13.1. The normalized spacial score (nSPS) is 12.0. The Hall–Kier alpha value is -2.10. The predicted octanol–water partition coefficient (Wildman–Crippen LogP) is 3.43. The highest BCUT2D eigenvalue weighted by atomic mass is 19.1. The number of nitrogens with zero attached hydrogens (tertiary/aromatic N) is 2. The zero-order valence-corrected chi connectivity index (χ0v) is 11.3. The monoisotopic (exact) mass is 260 g/mol. The fraction of sp³-hybridized carbons (Fsp3) is 0.267. The molecule has 2 rings (SSSR count). The van der Waals surface area contributed by atoms with E-state index in [1.165, 1.54) is 12.1 Å². The van der Waals surface area contributed by atoms with Crippen molar-refractivity contribution >= 4 is 5.82 Å². The van der Waals surface area contributed by atoms with Crippen molar-refractivity contribution < 1.29 is 9.13 Å². The summed E-state index contributed by atoms with van der Waals surface area (Å²) in [6.45, 7) is 1.90. The molecule has 0 radical (unpaired) electrons. The summed E-state index contributed by atoms with van der Waals surface area (Å²) in [4.78, 5) is 6.43. The van der Waals surface area contributed by atoms with Gasteiger partial charge < -0.3 is 9.64 Å². The van der Waals surface area contributed by atoms with E-state index in [1.807, 2.05) is 44.1 Å². The van der Waals surface area contributed by atoms with Crippen LogP contribution in [-0.4, -0.2) is 19.1 Å². The van der Waals surface area contributed by atoms with Gasteiger partial charge in [0.05, 0.1) is 5.69 Å². The van der Waals surface area contributed by atoms with Crippen LogP contribution in [0, 0.1) is 5.82 Å². The van der Waals surface area contributed by atoms with Crippen molar-refractivity contribution in [1.29, 1.82) is 0 Å². The SMILES string of the molecule is C[C@@H](Oc1cccc(F)c1)c1cccc(N(C)C)n1. The second kappa shape index (κ2) is 5.69. The molecule has 0 aliphatic carbocycles. The smallest absolute Gasteiger partial charge is 0.138 e. The van der Waals surface area contributed by atoms with E-state index in [2.05, 4.69) is 4.98 Å². The quantitative estimate of drug-likeness (QED) is 0.842. The zero-order valence-electron chi connectivity index (χ0n) is 11.3. The first-order chi connectivity index (χ1) is 9.06. The molecule has 0 unspecified atom stereocenters. The zero-order chi connectivity index (χ0) is 13.8. The molecule has 0 saturated carbocycles. The average molecular weight is 260 g/mol. The molecule has 0 fully saturated rings. The number of hydrogen-bond acceptors (Lipinski definition) is 3. The average Bonchev–Trinajstić information content (AvgIpc) is 2.39. The highest BCUT2D eigenvalue weighted by Crippen LogP contribution is 2.22. The van der Waals surface area contributed by atoms with Crippen molar-refractivity contribution in [1.82, 2.24) is 4.98 Å². The second-order valence-corrected chi connectivity index (χ2v) is 4.53. The summed E-state index contributed by atoms with van der Waals surface area (Å²) in [5, 5.41) is 0. The lowest BCUT2D eigenvalue weighted by Gasteiger charge is -2.17. The van der Waals surface area contributed by atoms with Gasteiger partial charge in [0.2, 0.25) is 0 Å². The van der Waals surface area contributed by atoms with Gasteiger partial charge in [-0.3, -0.25) is 0 Å². The van der Waals surface area contributed by atoms with Crippen LogP contribution in [-0.2, 0) is 0 Å². The van der Waals surface area contributed by atoms with Crippen molar-refractivity contribution in [3.8, 4) is 5.75 Å². The molecule has 1 heterocycles. The first-order valence-electron chi connectivity index (χ1n) is 6.13. The summed E-state index contributed by atoms with van der Waals surface area (Å²) in [5.41, 5.74) is 0.815. The van der Waals surface area contributed by atoms with E-state index in [1.54, 1.807) is 12.1 Å². The van der Waals surface area contributed by atoms with Crippen LogP contribution in [0.1, 0.15) is 18.7 Å². The molecule has 0 aliphatic rings. The van der Waals surface area contributed by atoms with Crippen molar-refractivity contribution in [2.24, 2.45) is 0 Å². The van der Waals surface area contributed by atoms with Gasteiger partial charge in [-0.15, -0.1) is 0 Å².